The van der Waals surface area contributed by atoms with E-state index in [0.717, 1.165) is 38.6 Å². The van der Waals surface area contributed by atoms with E-state index in [-0.39, 0.29) is 30.3 Å². The Morgan fingerprint density at radius 2 is 1.96 bits per heavy atom. The molecule has 1 saturated carbocycles. The normalized spacial score (nSPS) is 21.1. The fourth-order valence-electron chi connectivity index (χ4n) is 3.44. The monoisotopic (exact) mass is 314 g/mol. The summed E-state index contributed by atoms with van der Waals surface area (Å²) in [6, 6.07) is 6.48. The number of amides is 2. The summed E-state index contributed by atoms with van der Waals surface area (Å²) in [4.78, 5) is 26.4. The van der Waals surface area contributed by atoms with Crippen LogP contribution in [0, 0.1) is 19.8 Å². The van der Waals surface area contributed by atoms with E-state index in [0.29, 0.717) is 0 Å². The molecule has 1 aromatic carbocycles. The maximum atomic E-state index is 12.6. The molecule has 124 valence electrons. The summed E-state index contributed by atoms with van der Waals surface area (Å²) in [5.74, 6) is 0.238. The first-order chi connectivity index (χ1) is 11.1. The smallest absolute Gasteiger partial charge is 0.242 e. The van der Waals surface area contributed by atoms with Crippen LogP contribution < -0.4 is 5.32 Å². The van der Waals surface area contributed by atoms with Gasteiger partial charge in [0, 0.05) is 12.5 Å². The van der Waals surface area contributed by atoms with Crippen molar-refractivity contribution in [1.29, 1.82) is 0 Å². The van der Waals surface area contributed by atoms with Crippen molar-refractivity contribution in [2.24, 2.45) is 5.92 Å². The molecule has 0 radical (unpaired) electrons. The van der Waals surface area contributed by atoms with Gasteiger partial charge < -0.3 is 10.2 Å². The van der Waals surface area contributed by atoms with Crippen LogP contribution in [0.1, 0.15) is 54.8 Å². The number of nitrogens with zero attached hydrogens (tertiary/aromatic N) is 1. The summed E-state index contributed by atoms with van der Waals surface area (Å²) in [5, 5.41) is 2.81. The van der Waals surface area contributed by atoms with Gasteiger partial charge in [-0.1, -0.05) is 18.2 Å². The SMILES string of the molecule is Cc1cccc([C@@H]2CCCCN2C(=O)CNC(=O)C2CC2)c1C. The predicted molar refractivity (Wildman–Crippen MR) is 90.0 cm³/mol. The van der Waals surface area contributed by atoms with E-state index >= 15 is 0 Å². The van der Waals surface area contributed by atoms with E-state index in [1.807, 2.05) is 4.90 Å². The van der Waals surface area contributed by atoms with Crippen LogP contribution in [0.2, 0.25) is 0 Å². The molecule has 1 aliphatic heterocycles. The van der Waals surface area contributed by atoms with Crippen LogP contribution >= 0.6 is 0 Å². The quantitative estimate of drug-likeness (QED) is 0.929. The largest absolute Gasteiger partial charge is 0.347 e. The van der Waals surface area contributed by atoms with Crippen LogP contribution in [-0.4, -0.2) is 29.8 Å². The number of nitrogens with one attached hydrogen (secondary N) is 1. The van der Waals surface area contributed by atoms with E-state index < -0.39 is 0 Å². The highest BCUT2D eigenvalue weighted by Crippen LogP contribution is 2.33. The molecule has 3 rings (SSSR count). The number of carbonyl (C=O) groups excluding carboxylic acids is 2. The van der Waals surface area contributed by atoms with Gasteiger partial charge in [0.1, 0.15) is 0 Å². The third-order valence-corrected chi connectivity index (χ3v) is 5.19. The van der Waals surface area contributed by atoms with Gasteiger partial charge in [0.2, 0.25) is 11.8 Å². The molecule has 4 nitrogen and oxygen atoms in total. The molecule has 1 saturated heterocycles. The number of hydrogen-bond acceptors (Lipinski definition) is 2. The van der Waals surface area contributed by atoms with E-state index in [1.165, 1.54) is 16.7 Å². The molecule has 0 bridgehead atoms. The van der Waals surface area contributed by atoms with Crippen LogP contribution in [0.15, 0.2) is 18.2 Å². The zero-order valence-corrected chi connectivity index (χ0v) is 14.1. The lowest BCUT2D eigenvalue weighted by Gasteiger charge is -2.37. The third-order valence-electron chi connectivity index (χ3n) is 5.19. The van der Waals surface area contributed by atoms with Crippen LogP contribution in [0.4, 0.5) is 0 Å². The molecule has 2 fully saturated rings. The van der Waals surface area contributed by atoms with Gasteiger partial charge in [0.25, 0.3) is 0 Å². The molecule has 23 heavy (non-hydrogen) atoms. The fraction of sp³-hybridized carbons (Fsp3) is 0.579. The van der Waals surface area contributed by atoms with Gasteiger partial charge >= 0.3 is 0 Å². The van der Waals surface area contributed by atoms with E-state index in [9.17, 15) is 9.59 Å². The molecular weight excluding hydrogens is 288 g/mol. The van der Waals surface area contributed by atoms with Gasteiger partial charge in [-0.3, -0.25) is 9.59 Å². The topological polar surface area (TPSA) is 49.4 Å². The summed E-state index contributed by atoms with van der Waals surface area (Å²) in [7, 11) is 0. The Hall–Kier alpha value is -1.84. The van der Waals surface area contributed by atoms with E-state index in [4.69, 9.17) is 0 Å². The van der Waals surface area contributed by atoms with E-state index in [2.05, 4.69) is 37.4 Å². The van der Waals surface area contributed by atoms with Crippen LogP contribution in [0.5, 0.6) is 0 Å². The van der Waals surface area contributed by atoms with Gasteiger partial charge in [-0.2, -0.15) is 0 Å². The number of benzene rings is 1. The van der Waals surface area contributed by atoms with Crippen LogP contribution in [0.3, 0.4) is 0 Å². The molecule has 1 atom stereocenters. The minimum atomic E-state index is 0.0404. The lowest BCUT2D eigenvalue weighted by atomic mass is 9.90. The highest BCUT2D eigenvalue weighted by Gasteiger charge is 2.32. The van der Waals surface area contributed by atoms with Gasteiger partial charge in [-0.25, -0.2) is 0 Å². The number of piperidine rings is 1. The van der Waals surface area contributed by atoms with Gasteiger partial charge in [0.15, 0.2) is 0 Å². The van der Waals surface area contributed by atoms with Crippen LogP contribution in [-0.2, 0) is 9.59 Å². The molecule has 0 spiro atoms. The first-order valence-corrected chi connectivity index (χ1v) is 8.71. The molecular formula is C19H26N2O2. The predicted octanol–water partition coefficient (Wildman–Crippen LogP) is 2.88. The second-order valence-corrected chi connectivity index (χ2v) is 6.88. The molecule has 1 aliphatic carbocycles. The summed E-state index contributed by atoms with van der Waals surface area (Å²) in [6.45, 7) is 5.17. The van der Waals surface area contributed by atoms with Crippen molar-refractivity contribution in [2.75, 3.05) is 13.1 Å². The fourth-order valence-corrected chi connectivity index (χ4v) is 3.44. The first kappa shape index (κ1) is 16.0. The Morgan fingerprint density at radius 3 is 2.70 bits per heavy atom. The third kappa shape index (κ3) is 3.57. The summed E-state index contributed by atoms with van der Waals surface area (Å²) in [6.07, 6.45) is 5.14. The second-order valence-electron chi connectivity index (χ2n) is 6.88. The Morgan fingerprint density at radius 1 is 1.17 bits per heavy atom. The molecule has 2 aliphatic rings. The Bertz CT molecular complexity index is 607. The lowest BCUT2D eigenvalue weighted by Crippen LogP contribution is -2.44. The Kier molecular flexibility index (Phi) is 4.69. The summed E-state index contributed by atoms with van der Waals surface area (Å²) in [5.41, 5.74) is 3.80. The zero-order valence-electron chi connectivity index (χ0n) is 14.1. The highest BCUT2D eigenvalue weighted by atomic mass is 16.2. The van der Waals surface area contributed by atoms with Crippen molar-refractivity contribution in [3.05, 3.63) is 34.9 Å². The first-order valence-electron chi connectivity index (χ1n) is 8.71. The maximum absolute atomic E-state index is 12.6. The van der Waals surface area contributed by atoms with Crippen molar-refractivity contribution in [1.82, 2.24) is 10.2 Å². The number of aryl methyl sites for hydroxylation is 1. The van der Waals surface area contributed by atoms with Crippen molar-refractivity contribution in [2.45, 2.75) is 52.0 Å². The number of hydrogen-bond donors (Lipinski definition) is 1. The molecule has 0 aromatic heterocycles. The standard InChI is InChI=1S/C19H26N2O2/c1-13-6-5-7-16(14(13)2)17-8-3-4-11-21(17)18(22)12-20-19(23)15-9-10-15/h5-7,15,17H,3-4,8-12H2,1-2H3,(H,20,23)/t17-/m0/s1. The minimum absolute atomic E-state index is 0.0404. The number of likely N-dealkylation sites (tertiary alicyclic amines) is 1. The molecule has 1 aromatic rings. The van der Waals surface area contributed by atoms with Crippen molar-refractivity contribution < 1.29 is 9.59 Å². The molecule has 0 unspecified atom stereocenters. The second kappa shape index (κ2) is 6.73. The average molecular weight is 314 g/mol. The molecule has 2 amide bonds. The van der Waals surface area contributed by atoms with Crippen LogP contribution in [0.25, 0.3) is 0 Å². The number of rotatable bonds is 4. The molecule has 1 N–H and O–H groups in total. The van der Waals surface area contributed by atoms with E-state index in [1.54, 1.807) is 0 Å². The summed E-state index contributed by atoms with van der Waals surface area (Å²) < 4.78 is 0. The zero-order chi connectivity index (χ0) is 16.4. The maximum Gasteiger partial charge on any atom is 0.242 e. The van der Waals surface area contributed by atoms with Gasteiger partial charge in [-0.05, 0) is 62.6 Å². The molecule has 4 heteroatoms. The highest BCUT2D eigenvalue weighted by molar-refractivity contribution is 5.87. The lowest BCUT2D eigenvalue weighted by molar-refractivity contribution is -0.136. The van der Waals surface area contributed by atoms with Crippen molar-refractivity contribution in [3.63, 3.8) is 0 Å². The van der Waals surface area contributed by atoms with Gasteiger partial charge in [0.05, 0.1) is 12.6 Å². The Balaban J connectivity index is 1.71. The Labute approximate surface area is 138 Å². The minimum Gasteiger partial charge on any atom is -0.347 e. The van der Waals surface area contributed by atoms with Crippen molar-refractivity contribution >= 4 is 11.8 Å². The number of carbonyl (C=O) groups is 2. The average Bonchev–Trinajstić information content (AvgIpc) is 3.40. The summed E-state index contributed by atoms with van der Waals surface area (Å²) >= 11 is 0. The van der Waals surface area contributed by atoms with Crippen molar-refractivity contribution in [3.8, 4) is 0 Å². The molecule has 1 heterocycles. The van der Waals surface area contributed by atoms with Gasteiger partial charge in [-0.15, -0.1) is 0 Å².